The zero-order valence-corrected chi connectivity index (χ0v) is 10.3. The number of hydrogen-bond acceptors (Lipinski definition) is 4. The Morgan fingerprint density at radius 2 is 2.05 bits per heavy atom. The smallest absolute Gasteiger partial charge is 0.258 e. The minimum atomic E-state index is -0.574. The summed E-state index contributed by atoms with van der Waals surface area (Å²) in [5.74, 6) is 0.231. The van der Waals surface area contributed by atoms with Crippen LogP contribution in [0, 0.1) is 5.95 Å². The number of fused-ring (bicyclic) bond motifs is 1. The van der Waals surface area contributed by atoms with Crippen molar-refractivity contribution in [2.75, 3.05) is 0 Å². The van der Waals surface area contributed by atoms with E-state index in [0.717, 1.165) is 0 Å². The molecule has 0 aliphatic rings. The Morgan fingerprint density at radius 3 is 2.85 bits per heavy atom. The Bertz CT molecular complexity index is 799. The van der Waals surface area contributed by atoms with Gasteiger partial charge in [0.1, 0.15) is 18.2 Å². The Balaban J connectivity index is 1.84. The summed E-state index contributed by atoms with van der Waals surface area (Å²) >= 11 is 0. The van der Waals surface area contributed by atoms with Gasteiger partial charge in [-0.1, -0.05) is 12.1 Å². The monoisotopic (exact) mass is 271 g/mol. The molecule has 0 radical (unpaired) electrons. The van der Waals surface area contributed by atoms with Gasteiger partial charge < -0.3 is 9.72 Å². The molecule has 2 heterocycles. The minimum absolute atomic E-state index is 0.0768. The third kappa shape index (κ3) is 2.49. The number of ether oxygens (including phenoxy) is 1. The number of nitrogens with zero attached hydrogens (tertiary/aromatic N) is 2. The molecule has 0 unspecified atom stereocenters. The summed E-state index contributed by atoms with van der Waals surface area (Å²) in [5.41, 5.74) is 0.388. The number of aromatic nitrogens is 3. The van der Waals surface area contributed by atoms with E-state index in [1.54, 1.807) is 18.2 Å². The van der Waals surface area contributed by atoms with Gasteiger partial charge in [0.25, 0.3) is 5.56 Å². The fourth-order valence-corrected chi connectivity index (χ4v) is 1.80. The number of aromatic amines is 1. The number of nitrogens with one attached hydrogen (secondary N) is 1. The van der Waals surface area contributed by atoms with Gasteiger partial charge in [0.15, 0.2) is 0 Å². The molecule has 0 saturated carbocycles. The summed E-state index contributed by atoms with van der Waals surface area (Å²) in [6.07, 6.45) is 1.27. The summed E-state index contributed by atoms with van der Waals surface area (Å²) < 4.78 is 18.0. The van der Waals surface area contributed by atoms with E-state index in [0.29, 0.717) is 22.5 Å². The van der Waals surface area contributed by atoms with E-state index in [1.165, 1.54) is 18.3 Å². The van der Waals surface area contributed by atoms with Crippen LogP contribution in [-0.4, -0.2) is 15.0 Å². The number of rotatable bonds is 3. The predicted molar refractivity (Wildman–Crippen MR) is 70.9 cm³/mol. The number of benzene rings is 1. The maximum atomic E-state index is 12.7. The average molecular weight is 271 g/mol. The molecule has 6 heteroatoms. The van der Waals surface area contributed by atoms with Gasteiger partial charge in [0.05, 0.1) is 17.1 Å². The summed E-state index contributed by atoms with van der Waals surface area (Å²) in [6.45, 7) is 0.0768. The van der Waals surface area contributed by atoms with Crippen molar-refractivity contribution in [1.82, 2.24) is 15.0 Å². The van der Waals surface area contributed by atoms with Crippen molar-refractivity contribution in [3.63, 3.8) is 0 Å². The number of H-pyrrole nitrogens is 1. The van der Waals surface area contributed by atoms with Crippen molar-refractivity contribution in [3.05, 3.63) is 64.7 Å². The quantitative estimate of drug-likeness (QED) is 0.740. The molecule has 0 spiro atoms. The molecule has 0 amide bonds. The van der Waals surface area contributed by atoms with Crippen molar-refractivity contribution in [2.24, 2.45) is 0 Å². The number of halogens is 1. The first-order valence-corrected chi connectivity index (χ1v) is 5.95. The lowest BCUT2D eigenvalue weighted by Crippen LogP contribution is -2.13. The van der Waals surface area contributed by atoms with Gasteiger partial charge in [-0.15, -0.1) is 0 Å². The molecule has 5 nitrogen and oxygen atoms in total. The molecule has 3 aromatic rings. The Labute approximate surface area is 113 Å². The van der Waals surface area contributed by atoms with Gasteiger partial charge in [0.2, 0.25) is 5.95 Å². The SMILES string of the molecule is O=c1[nH]c(COc2ccc(F)nc2)nc2ccccc12. The minimum Gasteiger partial charge on any atom is -0.484 e. The van der Waals surface area contributed by atoms with Gasteiger partial charge in [-0.05, 0) is 24.3 Å². The van der Waals surface area contributed by atoms with E-state index in [1.807, 2.05) is 6.07 Å². The van der Waals surface area contributed by atoms with Crippen LogP contribution in [0.1, 0.15) is 5.82 Å². The molecule has 0 bridgehead atoms. The molecule has 0 atom stereocenters. The van der Waals surface area contributed by atoms with Crippen molar-refractivity contribution in [2.45, 2.75) is 6.61 Å². The molecule has 0 aliphatic carbocycles. The molecule has 0 aliphatic heterocycles. The molecule has 0 fully saturated rings. The molecule has 100 valence electrons. The molecule has 20 heavy (non-hydrogen) atoms. The van der Waals surface area contributed by atoms with E-state index >= 15 is 0 Å². The second-order valence-corrected chi connectivity index (χ2v) is 4.14. The molecule has 3 rings (SSSR count). The summed E-state index contributed by atoms with van der Waals surface area (Å²) in [6, 6.07) is 9.71. The first-order chi connectivity index (χ1) is 9.72. The van der Waals surface area contributed by atoms with E-state index in [9.17, 15) is 9.18 Å². The van der Waals surface area contributed by atoms with Crippen LogP contribution in [0.5, 0.6) is 5.75 Å². The van der Waals surface area contributed by atoms with Gasteiger partial charge >= 0.3 is 0 Å². The van der Waals surface area contributed by atoms with Gasteiger partial charge in [-0.25, -0.2) is 9.97 Å². The fraction of sp³-hybridized carbons (Fsp3) is 0.0714. The normalized spacial score (nSPS) is 10.7. The van der Waals surface area contributed by atoms with E-state index in [-0.39, 0.29) is 12.2 Å². The van der Waals surface area contributed by atoms with Crippen molar-refractivity contribution >= 4 is 10.9 Å². The van der Waals surface area contributed by atoms with E-state index in [2.05, 4.69) is 15.0 Å². The second-order valence-electron chi connectivity index (χ2n) is 4.14. The highest BCUT2D eigenvalue weighted by atomic mass is 19.1. The van der Waals surface area contributed by atoms with E-state index in [4.69, 9.17) is 4.74 Å². The lowest BCUT2D eigenvalue weighted by molar-refractivity contribution is 0.294. The van der Waals surface area contributed by atoms with Crippen LogP contribution in [-0.2, 0) is 6.61 Å². The summed E-state index contributed by atoms with van der Waals surface area (Å²) in [5, 5.41) is 0.527. The van der Waals surface area contributed by atoms with Crippen LogP contribution in [0.25, 0.3) is 10.9 Å². The number of hydrogen-bond donors (Lipinski definition) is 1. The van der Waals surface area contributed by atoms with Crippen LogP contribution >= 0.6 is 0 Å². The van der Waals surface area contributed by atoms with E-state index < -0.39 is 5.95 Å². The van der Waals surface area contributed by atoms with Crippen molar-refractivity contribution in [3.8, 4) is 5.75 Å². The first kappa shape index (κ1) is 12.3. The van der Waals surface area contributed by atoms with Gasteiger partial charge in [-0.2, -0.15) is 4.39 Å². The third-order valence-electron chi connectivity index (χ3n) is 2.74. The van der Waals surface area contributed by atoms with Crippen molar-refractivity contribution < 1.29 is 9.13 Å². The number of para-hydroxylation sites is 1. The van der Waals surface area contributed by atoms with Crippen molar-refractivity contribution in [1.29, 1.82) is 0 Å². The first-order valence-electron chi connectivity index (χ1n) is 5.95. The van der Waals surface area contributed by atoms with Crippen LogP contribution in [0.3, 0.4) is 0 Å². The zero-order chi connectivity index (χ0) is 13.9. The molecular weight excluding hydrogens is 261 g/mol. The maximum absolute atomic E-state index is 12.7. The van der Waals surface area contributed by atoms with Crippen LogP contribution < -0.4 is 10.3 Å². The largest absolute Gasteiger partial charge is 0.484 e. The molecular formula is C14H10FN3O2. The Hall–Kier alpha value is -2.76. The lowest BCUT2D eigenvalue weighted by Gasteiger charge is -2.05. The van der Waals surface area contributed by atoms with Crippen LogP contribution in [0.4, 0.5) is 4.39 Å². The summed E-state index contributed by atoms with van der Waals surface area (Å²) in [4.78, 5) is 22.3. The summed E-state index contributed by atoms with van der Waals surface area (Å²) in [7, 11) is 0. The topological polar surface area (TPSA) is 67.9 Å². The Morgan fingerprint density at radius 1 is 1.20 bits per heavy atom. The molecule has 0 saturated heterocycles. The Kier molecular flexibility index (Phi) is 3.12. The lowest BCUT2D eigenvalue weighted by atomic mass is 10.2. The van der Waals surface area contributed by atoms with Crippen LogP contribution in [0.15, 0.2) is 47.4 Å². The van der Waals surface area contributed by atoms with Gasteiger partial charge in [-0.3, -0.25) is 4.79 Å². The molecule has 2 aromatic heterocycles. The van der Waals surface area contributed by atoms with Crippen LogP contribution in [0.2, 0.25) is 0 Å². The molecule has 1 N–H and O–H groups in total. The highest BCUT2D eigenvalue weighted by Gasteiger charge is 2.04. The predicted octanol–water partition coefficient (Wildman–Crippen LogP) is 2.04. The molecule has 1 aromatic carbocycles. The highest BCUT2D eigenvalue weighted by molar-refractivity contribution is 5.77. The number of pyridine rings is 1. The average Bonchev–Trinajstić information content (AvgIpc) is 2.47. The third-order valence-corrected chi connectivity index (χ3v) is 2.74. The second kappa shape index (κ2) is 5.08. The maximum Gasteiger partial charge on any atom is 0.258 e. The van der Waals surface area contributed by atoms with Gasteiger partial charge in [0, 0.05) is 0 Å². The fourth-order valence-electron chi connectivity index (χ4n) is 1.80. The highest BCUT2D eigenvalue weighted by Crippen LogP contribution is 2.11. The standard InChI is InChI=1S/C14H10FN3O2/c15-12-6-5-9(7-16-12)20-8-13-17-11-4-2-1-3-10(11)14(19)18-13/h1-7H,8H2,(H,17,18,19). The zero-order valence-electron chi connectivity index (χ0n) is 10.3.